The van der Waals surface area contributed by atoms with Gasteiger partial charge in [-0.15, -0.1) is 0 Å². The third-order valence-electron chi connectivity index (χ3n) is 4.66. The number of nitrogens with one attached hydrogen (secondary N) is 1. The minimum Gasteiger partial charge on any atom is -0.391 e. The van der Waals surface area contributed by atoms with Gasteiger partial charge in [0.2, 0.25) is 0 Å². The molecule has 0 bridgehead atoms. The maximum Gasteiger partial charge on any atom is 0.253 e. The molecule has 0 aliphatic carbocycles. The Morgan fingerprint density at radius 1 is 1.19 bits per heavy atom. The van der Waals surface area contributed by atoms with Crippen molar-refractivity contribution in [3.05, 3.63) is 72.1 Å². The van der Waals surface area contributed by atoms with Gasteiger partial charge in [0.25, 0.3) is 5.91 Å². The molecule has 134 valence electrons. The summed E-state index contributed by atoms with van der Waals surface area (Å²) in [6, 6.07) is 9.43. The first-order valence-corrected chi connectivity index (χ1v) is 8.59. The molecule has 1 atom stereocenters. The van der Waals surface area contributed by atoms with Crippen LogP contribution in [0.3, 0.4) is 0 Å². The topological polar surface area (TPSA) is 57.7 Å². The van der Waals surface area contributed by atoms with Crippen LogP contribution in [0.1, 0.15) is 23.2 Å². The second-order valence-corrected chi connectivity index (χ2v) is 6.40. The highest BCUT2D eigenvalue weighted by atomic mass is 19.1. The summed E-state index contributed by atoms with van der Waals surface area (Å²) in [5, 5.41) is 1.79. The summed E-state index contributed by atoms with van der Waals surface area (Å²) < 4.78 is 13.1. The van der Waals surface area contributed by atoms with Gasteiger partial charge in [-0.1, -0.05) is 5.59 Å². The van der Waals surface area contributed by atoms with Crippen molar-refractivity contribution in [3.63, 3.8) is 0 Å². The molecule has 0 radical (unpaired) electrons. The van der Waals surface area contributed by atoms with Gasteiger partial charge in [0, 0.05) is 37.0 Å². The fraction of sp³-hybridized carbons (Fsp3) is 0.263. The lowest BCUT2D eigenvalue weighted by Crippen LogP contribution is -2.40. The number of likely N-dealkylation sites (tertiary alicyclic amines) is 1. The minimum atomic E-state index is -0.343. The van der Waals surface area contributed by atoms with Crippen molar-refractivity contribution < 1.29 is 14.0 Å². The van der Waals surface area contributed by atoms with Crippen LogP contribution < -0.4 is 10.6 Å². The number of amides is 1. The number of hydrazine groups is 1. The Labute approximate surface area is 150 Å². The highest BCUT2D eigenvalue weighted by molar-refractivity contribution is 5.94. The van der Waals surface area contributed by atoms with E-state index in [9.17, 15) is 9.18 Å². The molecule has 2 aliphatic rings. The van der Waals surface area contributed by atoms with E-state index in [-0.39, 0.29) is 17.6 Å². The van der Waals surface area contributed by atoms with Crippen LogP contribution in [-0.4, -0.2) is 28.9 Å². The summed E-state index contributed by atoms with van der Waals surface area (Å²) in [6.07, 6.45) is 7.18. The van der Waals surface area contributed by atoms with Crippen LogP contribution in [0.25, 0.3) is 0 Å². The predicted molar refractivity (Wildman–Crippen MR) is 94.0 cm³/mol. The van der Waals surface area contributed by atoms with E-state index in [2.05, 4.69) is 10.6 Å². The lowest BCUT2D eigenvalue weighted by atomic mass is 9.95. The summed E-state index contributed by atoms with van der Waals surface area (Å²) in [5.41, 5.74) is 4.30. The molecule has 1 N–H and O–H groups in total. The van der Waals surface area contributed by atoms with E-state index in [4.69, 9.17) is 4.84 Å². The molecule has 6 nitrogen and oxygen atoms in total. The zero-order valence-electron chi connectivity index (χ0n) is 14.1. The molecule has 1 saturated heterocycles. The first kappa shape index (κ1) is 16.5. The summed E-state index contributed by atoms with van der Waals surface area (Å²) >= 11 is 0. The van der Waals surface area contributed by atoms with E-state index in [0.29, 0.717) is 18.7 Å². The van der Waals surface area contributed by atoms with Crippen molar-refractivity contribution in [1.29, 1.82) is 0 Å². The van der Waals surface area contributed by atoms with Crippen molar-refractivity contribution in [2.24, 2.45) is 5.92 Å². The van der Waals surface area contributed by atoms with Crippen LogP contribution in [-0.2, 0) is 4.84 Å². The standard InChI is InChI=1S/C19H19FN4O2/c20-16-5-3-14(4-6-16)19(25)23-11-1-2-15(12-23)18-13-24(22-26-18)17-7-9-21-10-8-17/h3-10,13,15,22H,1-2,11-12H2/t15-/m0/s1. The number of pyridine rings is 1. The predicted octanol–water partition coefficient (Wildman–Crippen LogP) is 2.87. The lowest BCUT2D eigenvalue weighted by Gasteiger charge is -2.32. The summed E-state index contributed by atoms with van der Waals surface area (Å²) in [7, 11) is 0. The van der Waals surface area contributed by atoms with Gasteiger partial charge < -0.3 is 9.74 Å². The number of benzene rings is 1. The Balaban J connectivity index is 1.45. The maximum atomic E-state index is 13.1. The maximum absolute atomic E-state index is 13.1. The minimum absolute atomic E-state index is 0.0766. The summed E-state index contributed by atoms with van der Waals surface area (Å²) in [5.74, 6) is 0.503. The first-order valence-electron chi connectivity index (χ1n) is 8.59. The van der Waals surface area contributed by atoms with Gasteiger partial charge in [-0.2, -0.15) is 0 Å². The highest BCUT2D eigenvalue weighted by Crippen LogP contribution is 2.29. The van der Waals surface area contributed by atoms with Crippen LogP contribution in [0.4, 0.5) is 10.1 Å². The number of piperidine rings is 1. The fourth-order valence-electron chi connectivity index (χ4n) is 3.27. The average Bonchev–Trinajstić information content (AvgIpc) is 3.19. The Hall–Kier alpha value is -2.93. The van der Waals surface area contributed by atoms with Crippen LogP contribution >= 0.6 is 0 Å². The Morgan fingerprint density at radius 3 is 2.73 bits per heavy atom. The SMILES string of the molecule is O=C(c1ccc(F)cc1)N1CCC[C@H](C2=CN(c3ccncc3)NO2)C1. The molecule has 0 unspecified atom stereocenters. The van der Waals surface area contributed by atoms with Crippen molar-refractivity contribution in [1.82, 2.24) is 15.5 Å². The summed E-state index contributed by atoms with van der Waals surface area (Å²) in [4.78, 5) is 24.1. The van der Waals surface area contributed by atoms with E-state index >= 15 is 0 Å². The second-order valence-electron chi connectivity index (χ2n) is 6.40. The van der Waals surface area contributed by atoms with E-state index in [1.807, 2.05) is 18.3 Å². The molecule has 2 aliphatic heterocycles. The molecule has 2 aromatic rings. The molecule has 1 fully saturated rings. The monoisotopic (exact) mass is 354 g/mol. The number of nitrogens with zero attached hydrogens (tertiary/aromatic N) is 3. The van der Waals surface area contributed by atoms with E-state index < -0.39 is 0 Å². The van der Waals surface area contributed by atoms with Crippen molar-refractivity contribution in [3.8, 4) is 0 Å². The molecule has 1 aromatic heterocycles. The number of carbonyl (C=O) groups excluding carboxylic acids is 1. The number of halogens is 1. The Kier molecular flexibility index (Phi) is 4.53. The zero-order chi connectivity index (χ0) is 17.9. The lowest BCUT2D eigenvalue weighted by molar-refractivity contribution is 0.0578. The number of anilines is 1. The van der Waals surface area contributed by atoms with E-state index in [0.717, 1.165) is 24.3 Å². The van der Waals surface area contributed by atoms with Crippen LogP contribution in [0, 0.1) is 11.7 Å². The van der Waals surface area contributed by atoms with Gasteiger partial charge in [-0.3, -0.25) is 9.78 Å². The quantitative estimate of drug-likeness (QED) is 0.919. The number of rotatable bonds is 3. The molecule has 1 aromatic carbocycles. The molecular formula is C19H19FN4O2. The van der Waals surface area contributed by atoms with Crippen LogP contribution in [0.2, 0.25) is 0 Å². The zero-order valence-corrected chi connectivity index (χ0v) is 14.1. The van der Waals surface area contributed by atoms with Crippen molar-refractivity contribution in [2.75, 3.05) is 18.1 Å². The average molecular weight is 354 g/mol. The largest absolute Gasteiger partial charge is 0.391 e. The number of aromatic nitrogens is 1. The third kappa shape index (κ3) is 3.39. The van der Waals surface area contributed by atoms with Gasteiger partial charge in [-0.25, -0.2) is 9.40 Å². The molecule has 7 heteroatoms. The molecule has 0 saturated carbocycles. The van der Waals surface area contributed by atoms with Gasteiger partial charge >= 0.3 is 0 Å². The molecule has 26 heavy (non-hydrogen) atoms. The van der Waals surface area contributed by atoms with Gasteiger partial charge in [0.05, 0.1) is 11.9 Å². The van der Waals surface area contributed by atoms with Crippen LogP contribution in [0.15, 0.2) is 60.8 Å². The number of carbonyl (C=O) groups is 1. The van der Waals surface area contributed by atoms with Gasteiger partial charge in [0.15, 0.2) is 0 Å². The fourth-order valence-corrected chi connectivity index (χ4v) is 3.27. The number of hydrogen-bond donors (Lipinski definition) is 1. The normalized spacial score (nSPS) is 19.9. The van der Waals surface area contributed by atoms with E-state index in [1.54, 1.807) is 22.3 Å². The number of hydrogen-bond acceptors (Lipinski definition) is 5. The molecule has 4 rings (SSSR count). The Morgan fingerprint density at radius 2 is 1.96 bits per heavy atom. The molecule has 3 heterocycles. The van der Waals surface area contributed by atoms with Crippen molar-refractivity contribution in [2.45, 2.75) is 12.8 Å². The van der Waals surface area contributed by atoms with Gasteiger partial charge in [0.1, 0.15) is 11.6 Å². The molecular weight excluding hydrogens is 335 g/mol. The van der Waals surface area contributed by atoms with E-state index in [1.165, 1.54) is 24.3 Å². The van der Waals surface area contributed by atoms with Gasteiger partial charge in [-0.05, 0) is 49.2 Å². The Bertz CT molecular complexity index is 810. The van der Waals surface area contributed by atoms with Crippen molar-refractivity contribution >= 4 is 11.6 Å². The molecule has 1 amide bonds. The third-order valence-corrected chi connectivity index (χ3v) is 4.66. The summed E-state index contributed by atoms with van der Waals surface area (Å²) in [6.45, 7) is 1.27. The molecule has 0 spiro atoms. The second kappa shape index (κ2) is 7.13. The highest BCUT2D eigenvalue weighted by Gasteiger charge is 2.30. The first-order chi connectivity index (χ1) is 12.7. The van der Waals surface area contributed by atoms with Crippen LogP contribution in [0.5, 0.6) is 0 Å². The smallest absolute Gasteiger partial charge is 0.253 e.